The lowest BCUT2D eigenvalue weighted by Crippen LogP contribution is -2.51. The van der Waals surface area contributed by atoms with E-state index >= 15 is 0 Å². The maximum Gasteiger partial charge on any atom is 0.252 e. The molecule has 0 radical (unpaired) electrons. The number of halogens is 1. The molecule has 0 bridgehead atoms. The summed E-state index contributed by atoms with van der Waals surface area (Å²) in [6, 6.07) is 4.76. The van der Waals surface area contributed by atoms with Gasteiger partial charge in [0.1, 0.15) is 0 Å². The molecule has 0 spiro atoms. The minimum atomic E-state index is -3.36. The van der Waals surface area contributed by atoms with Gasteiger partial charge in [0.05, 0.1) is 22.5 Å². The van der Waals surface area contributed by atoms with E-state index in [1.807, 2.05) is 0 Å². The van der Waals surface area contributed by atoms with E-state index in [2.05, 4.69) is 10.0 Å². The molecule has 1 aromatic rings. The van der Waals surface area contributed by atoms with Gasteiger partial charge < -0.3 is 11.1 Å². The first-order valence-corrected chi connectivity index (χ1v) is 8.10. The fourth-order valence-corrected chi connectivity index (χ4v) is 2.95. The molecule has 0 saturated heterocycles. The lowest BCUT2D eigenvalue weighted by atomic mass is 10.1. The molecule has 0 aliphatic heterocycles. The molecule has 20 heavy (non-hydrogen) atoms. The van der Waals surface area contributed by atoms with Crippen molar-refractivity contribution in [3.63, 3.8) is 0 Å². The van der Waals surface area contributed by atoms with E-state index in [0.717, 1.165) is 6.26 Å². The average molecular weight is 320 g/mol. The zero-order valence-corrected chi connectivity index (χ0v) is 13.1. The summed E-state index contributed by atoms with van der Waals surface area (Å²) in [7, 11) is -3.36. The molecule has 0 aliphatic rings. The zero-order valence-electron chi connectivity index (χ0n) is 11.5. The molecule has 112 valence electrons. The third-order valence-electron chi connectivity index (χ3n) is 2.43. The van der Waals surface area contributed by atoms with Crippen LogP contribution in [0.2, 0.25) is 5.02 Å². The van der Waals surface area contributed by atoms with Crippen molar-refractivity contribution >= 4 is 33.2 Å². The predicted octanol–water partition coefficient (Wildman–Crippen LogP) is 0.980. The topological polar surface area (TPSA) is 101 Å². The molecule has 6 nitrogen and oxygen atoms in total. The summed E-state index contributed by atoms with van der Waals surface area (Å²) >= 11 is 5.95. The van der Waals surface area contributed by atoms with Gasteiger partial charge in [0.25, 0.3) is 5.91 Å². The van der Waals surface area contributed by atoms with Gasteiger partial charge in [-0.3, -0.25) is 4.79 Å². The van der Waals surface area contributed by atoms with Crippen molar-refractivity contribution < 1.29 is 13.2 Å². The highest BCUT2D eigenvalue weighted by Crippen LogP contribution is 2.22. The quantitative estimate of drug-likeness (QED) is 0.704. The molecule has 0 aliphatic carbocycles. The van der Waals surface area contributed by atoms with Crippen molar-refractivity contribution in [1.82, 2.24) is 10.0 Å². The zero-order chi connectivity index (χ0) is 15.6. The van der Waals surface area contributed by atoms with Crippen molar-refractivity contribution in [3.05, 3.63) is 28.8 Å². The van der Waals surface area contributed by atoms with Crippen molar-refractivity contribution in [2.75, 3.05) is 18.5 Å². The van der Waals surface area contributed by atoms with Crippen LogP contribution in [0.15, 0.2) is 18.2 Å². The summed E-state index contributed by atoms with van der Waals surface area (Å²) in [5, 5.41) is 2.80. The number of nitrogens with two attached hydrogens (primary N) is 1. The lowest BCUT2D eigenvalue weighted by Gasteiger charge is -2.25. The standard InChI is InChI=1S/C12H18ClN3O3S/c1-12(2,16-20(3,18)19)7-15-11(17)8-5-4-6-9(14)10(8)13/h4-6,16H,7,14H2,1-3H3,(H,15,17). The van der Waals surface area contributed by atoms with Gasteiger partial charge in [-0.25, -0.2) is 13.1 Å². The van der Waals surface area contributed by atoms with E-state index in [1.54, 1.807) is 32.0 Å². The van der Waals surface area contributed by atoms with Crippen molar-refractivity contribution in [2.24, 2.45) is 0 Å². The van der Waals surface area contributed by atoms with Crippen LogP contribution in [0.25, 0.3) is 0 Å². The van der Waals surface area contributed by atoms with Gasteiger partial charge in [0.2, 0.25) is 10.0 Å². The summed E-state index contributed by atoms with van der Waals surface area (Å²) < 4.78 is 24.8. The molecule has 4 N–H and O–H groups in total. The van der Waals surface area contributed by atoms with E-state index in [0.29, 0.717) is 5.69 Å². The number of sulfonamides is 1. The van der Waals surface area contributed by atoms with Crippen LogP contribution in [-0.4, -0.2) is 32.7 Å². The molecule has 0 heterocycles. The molecular weight excluding hydrogens is 302 g/mol. The van der Waals surface area contributed by atoms with Crippen LogP contribution in [0.1, 0.15) is 24.2 Å². The smallest absolute Gasteiger partial charge is 0.252 e. The number of anilines is 1. The molecule has 1 rings (SSSR count). The van der Waals surface area contributed by atoms with E-state index in [-0.39, 0.29) is 17.1 Å². The van der Waals surface area contributed by atoms with Crippen LogP contribution >= 0.6 is 11.6 Å². The van der Waals surface area contributed by atoms with Crippen molar-refractivity contribution in [3.8, 4) is 0 Å². The first-order valence-electron chi connectivity index (χ1n) is 5.83. The highest BCUT2D eigenvalue weighted by atomic mass is 35.5. The maximum absolute atomic E-state index is 12.0. The van der Waals surface area contributed by atoms with Gasteiger partial charge in [-0.15, -0.1) is 0 Å². The van der Waals surface area contributed by atoms with Crippen molar-refractivity contribution in [2.45, 2.75) is 19.4 Å². The van der Waals surface area contributed by atoms with Gasteiger partial charge in [-0.1, -0.05) is 17.7 Å². The first kappa shape index (κ1) is 16.7. The minimum Gasteiger partial charge on any atom is -0.398 e. The second-order valence-electron chi connectivity index (χ2n) is 5.15. The Bertz CT molecular complexity index is 614. The normalized spacial score (nSPS) is 12.2. The first-order chi connectivity index (χ1) is 9.02. The molecule has 0 saturated carbocycles. The molecule has 0 fully saturated rings. The summed E-state index contributed by atoms with van der Waals surface area (Å²) in [6.07, 6.45) is 1.06. The summed E-state index contributed by atoms with van der Waals surface area (Å²) in [5.74, 6) is -0.411. The highest BCUT2D eigenvalue weighted by Gasteiger charge is 2.23. The molecule has 0 aromatic heterocycles. The monoisotopic (exact) mass is 319 g/mol. The van der Waals surface area contributed by atoms with E-state index in [4.69, 9.17) is 17.3 Å². The Morgan fingerprint density at radius 3 is 2.55 bits per heavy atom. The molecule has 1 amide bonds. The summed E-state index contributed by atoms with van der Waals surface area (Å²) in [5.41, 5.74) is 5.38. The molecule has 0 unspecified atom stereocenters. The predicted molar refractivity (Wildman–Crippen MR) is 80.3 cm³/mol. The number of carbonyl (C=O) groups is 1. The van der Waals surface area contributed by atoms with Gasteiger partial charge in [-0.2, -0.15) is 0 Å². The Morgan fingerprint density at radius 1 is 1.40 bits per heavy atom. The Balaban J connectivity index is 2.75. The second-order valence-corrected chi connectivity index (χ2v) is 7.28. The van der Waals surface area contributed by atoms with E-state index in [1.165, 1.54) is 0 Å². The molecule has 8 heteroatoms. The van der Waals surface area contributed by atoms with Crippen LogP contribution in [0.3, 0.4) is 0 Å². The minimum absolute atomic E-state index is 0.115. The number of carbonyl (C=O) groups excluding carboxylic acids is 1. The number of nitrogen functional groups attached to an aromatic ring is 1. The molecule has 0 atom stereocenters. The lowest BCUT2D eigenvalue weighted by molar-refractivity contribution is 0.0944. The highest BCUT2D eigenvalue weighted by molar-refractivity contribution is 7.88. The molecular formula is C12H18ClN3O3S. The van der Waals surface area contributed by atoms with Crippen molar-refractivity contribution in [1.29, 1.82) is 0 Å². The van der Waals surface area contributed by atoms with Crippen LogP contribution in [0.4, 0.5) is 5.69 Å². The fraction of sp³-hybridized carbons (Fsp3) is 0.417. The van der Waals surface area contributed by atoms with Gasteiger partial charge in [0.15, 0.2) is 0 Å². The SMILES string of the molecule is CC(C)(CNC(=O)c1cccc(N)c1Cl)NS(C)(=O)=O. The number of benzene rings is 1. The number of rotatable bonds is 5. The Morgan fingerprint density at radius 2 is 2.00 bits per heavy atom. The van der Waals surface area contributed by atoms with Gasteiger partial charge in [-0.05, 0) is 26.0 Å². The summed E-state index contributed by atoms with van der Waals surface area (Å²) in [4.78, 5) is 12.0. The van der Waals surface area contributed by atoms with Gasteiger partial charge in [0, 0.05) is 12.1 Å². The average Bonchev–Trinajstić information content (AvgIpc) is 2.27. The Labute approximate surface area is 123 Å². The number of nitrogens with one attached hydrogen (secondary N) is 2. The van der Waals surface area contributed by atoms with Crippen LogP contribution in [-0.2, 0) is 10.0 Å². The van der Waals surface area contributed by atoms with Crippen LogP contribution in [0, 0.1) is 0 Å². The largest absolute Gasteiger partial charge is 0.398 e. The second kappa shape index (κ2) is 5.99. The number of amides is 1. The fourth-order valence-electron chi connectivity index (χ4n) is 1.66. The van der Waals surface area contributed by atoms with E-state index in [9.17, 15) is 13.2 Å². The van der Waals surface area contributed by atoms with Crippen LogP contribution < -0.4 is 15.8 Å². The van der Waals surface area contributed by atoms with E-state index < -0.39 is 21.5 Å². The maximum atomic E-state index is 12.0. The van der Waals surface area contributed by atoms with Crippen LogP contribution in [0.5, 0.6) is 0 Å². The van der Waals surface area contributed by atoms with Gasteiger partial charge >= 0.3 is 0 Å². The Hall–Kier alpha value is -1.31. The Kier molecular flexibility index (Phi) is 5.01. The summed E-state index contributed by atoms with van der Waals surface area (Å²) in [6.45, 7) is 3.44. The number of hydrogen-bond acceptors (Lipinski definition) is 4. The third kappa shape index (κ3) is 4.99. The third-order valence-corrected chi connectivity index (χ3v) is 3.77. The number of hydrogen-bond donors (Lipinski definition) is 3. The molecule has 1 aromatic carbocycles.